The van der Waals surface area contributed by atoms with Crippen molar-refractivity contribution in [2.75, 3.05) is 20.6 Å². The van der Waals surface area contributed by atoms with Crippen molar-refractivity contribution in [1.29, 1.82) is 0 Å². The highest BCUT2D eigenvalue weighted by atomic mass is 32.2. The number of carbonyl (C=O) groups is 1. The number of hydrogen-bond donors (Lipinski definition) is 0. The van der Waals surface area contributed by atoms with E-state index in [9.17, 15) is 22.0 Å². The lowest BCUT2D eigenvalue weighted by Crippen LogP contribution is -2.44. The summed E-state index contributed by atoms with van der Waals surface area (Å²) in [7, 11) is -1.13. The summed E-state index contributed by atoms with van der Waals surface area (Å²) < 4.78 is 51.9. The van der Waals surface area contributed by atoms with Gasteiger partial charge in [0.25, 0.3) is 0 Å². The monoisotopic (exact) mass is 360 g/mol. The van der Waals surface area contributed by atoms with Gasteiger partial charge >= 0.3 is 0 Å². The van der Waals surface area contributed by atoms with Crippen LogP contribution in [-0.4, -0.2) is 50.2 Å². The first-order chi connectivity index (χ1) is 11.2. The van der Waals surface area contributed by atoms with Crippen LogP contribution in [0.15, 0.2) is 23.1 Å². The van der Waals surface area contributed by atoms with Crippen molar-refractivity contribution in [1.82, 2.24) is 9.21 Å². The van der Waals surface area contributed by atoms with Gasteiger partial charge < -0.3 is 4.90 Å². The molecule has 1 aliphatic rings. The van der Waals surface area contributed by atoms with Gasteiger partial charge in [0.05, 0.1) is 11.4 Å². The minimum Gasteiger partial charge on any atom is -0.342 e. The van der Waals surface area contributed by atoms with E-state index in [2.05, 4.69) is 0 Å². The molecule has 0 unspecified atom stereocenters. The van der Waals surface area contributed by atoms with E-state index in [4.69, 9.17) is 0 Å². The predicted molar refractivity (Wildman–Crippen MR) is 85.8 cm³/mol. The first-order valence-corrected chi connectivity index (χ1v) is 9.34. The molecule has 8 heteroatoms. The number of rotatable bonds is 5. The molecule has 0 radical (unpaired) electrons. The van der Waals surface area contributed by atoms with Crippen molar-refractivity contribution in [2.45, 2.75) is 43.0 Å². The van der Waals surface area contributed by atoms with Crippen LogP contribution in [0.5, 0.6) is 0 Å². The van der Waals surface area contributed by atoms with Crippen molar-refractivity contribution in [2.24, 2.45) is 0 Å². The number of nitrogens with zero attached hydrogens (tertiary/aromatic N) is 2. The molecule has 0 N–H and O–H groups in total. The molecule has 5 nitrogen and oxygen atoms in total. The molecular weight excluding hydrogens is 338 g/mol. The molecular formula is C16H22F2N2O3S. The van der Waals surface area contributed by atoms with Crippen molar-refractivity contribution in [3.8, 4) is 0 Å². The van der Waals surface area contributed by atoms with E-state index >= 15 is 0 Å². The van der Waals surface area contributed by atoms with Crippen LogP contribution in [0.2, 0.25) is 0 Å². The maximum atomic E-state index is 13.3. The molecule has 1 amide bonds. The fraction of sp³-hybridized carbons (Fsp3) is 0.562. The van der Waals surface area contributed by atoms with Crippen LogP contribution in [0.3, 0.4) is 0 Å². The third-order valence-electron chi connectivity index (χ3n) is 4.47. The van der Waals surface area contributed by atoms with E-state index < -0.39 is 21.7 Å². The predicted octanol–water partition coefficient (Wildman–Crippen LogP) is 2.38. The maximum Gasteiger partial charge on any atom is 0.243 e. The summed E-state index contributed by atoms with van der Waals surface area (Å²) in [6, 6.07) is 2.49. The molecule has 1 aromatic rings. The topological polar surface area (TPSA) is 57.7 Å². The molecule has 0 saturated heterocycles. The molecule has 24 heavy (non-hydrogen) atoms. The van der Waals surface area contributed by atoms with Crippen LogP contribution in [0.25, 0.3) is 0 Å². The summed E-state index contributed by atoms with van der Waals surface area (Å²) in [5.41, 5.74) is 0. The summed E-state index contributed by atoms with van der Waals surface area (Å²) >= 11 is 0. The number of sulfonamides is 1. The third-order valence-corrected chi connectivity index (χ3v) is 6.27. The molecule has 2 rings (SSSR count). The highest BCUT2D eigenvalue weighted by molar-refractivity contribution is 7.89. The van der Waals surface area contributed by atoms with Crippen LogP contribution >= 0.6 is 0 Å². The van der Waals surface area contributed by atoms with Crippen LogP contribution in [0.4, 0.5) is 8.78 Å². The zero-order chi connectivity index (χ0) is 17.9. The lowest BCUT2D eigenvalue weighted by Gasteiger charge is -2.32. The van der Waals surface area contributed by atoms with Crippen LogP contribution in [-0.2, 0) is 14.8 Å². The van der Waals surface area contributed by atoms with E-state index in [-0.39, 0.29) is 23.4 Å². The Balaban J connectivity index is 2.07. The van der Waals surface area contributed by atoms with Crippen LogP contribution in [0.1, 0.15) is 32.1 Å². The van der Waals surface area contributed by atoms with Crippen molar-refractivity contribution in [3.63, 3.8) is 0 Å². The quantitative estimate of drug-likeness (QED) is 0.810. The second-order valence-electron chi connectivity index (χ2n) is 6.13. The van der Waals surface area contributed by atoms with Gasteiger partial charge in [-0.05, 0) is 31.0 Å². The first kappa shape index (κ1) is 18.8. The minimum absolute atomic E-state index is 0.130. The summed E-state index contributed by atoms with van der Waals surface area (Å²) in [6.07, 6.45) is 5.11. The summed E-state index contributed by atoms with van der Waals surface area (Å²) in [5.74, 6) is -2.67. The van der Waals surface area contributed by atoms with E-state index in [0.717, 1.165) is 48.5 Å². The van der Waals surface area contributed by atoms with Gasteiger partial charge in [-0.25, -0.2) is 17.2 Å². The van der Waals surface area contributed by atoms with Gasteiger partial charge in [0.2, 0.25) is 15.9 Å². The Bertz CT molecular complexity index is 703. The maximum absolute atomic E-state index is 13.3. The van der Waals surface area contributed by atoms with Gasteiger partial charge in [0, 0.05) is 20.1 Å². The Labute approximate surface area is 141 Å². The third kappa shape index (κ3) is 4.10. The molecule has 0 aliphatic heterocycles. The molecule has 0 atom stereocenters. The smallest absolute Gasteiger partial charge is 0.243 e. The van der Waals surface area contributed by atoms with Gasteiger partial charge in [-0.3, -0.25) is 4.79 Å². The molecule has 1 saturated carbocycles. The largest absolute Gasteiger partial charge is 0.342 e. The molecule has 0 bridgehead atoms. The fourth-order valence-corrected chi connectivity index (χ4v) is 4.01. The zero-order valence-electron chi connectivity index (χ0n) is 13.8. The summed E-state index contributed by atoms with van der Waals surface area (Å²) in [6.45, 7) is -0.339. The Morgan fingerprint density at radius 1 is 1.12 bits per heavy atom. The summed E-state index contributed by atoms with van der Waals surface area (Å²) in [4.78, 5) is 13.6. The van der Waals surface area contributed by atoms with E-state index in [0.29, 0.717) is 6.07 Å². The molecule has 1 aliphatic carbocycles. The second-order valence-corrected chi connectivity index (χ2v) is 8.18. The van der Waals surface area contributed by atoms with Crippen LogP contribution < -0.4 is 0 Å². The lowest BCUT2D eigenvalue weighted by atomic mass is 9.94. The van der Waals surface area contributed by atoms with Crippen molar-refractivity contribution in [3.05, 3.63) is 29.8 Å². The Kier molecular flexibility index (Phi) is 5.92. The number of benzene rings is 1. The highest BCUT2D eigenvalue weighted by Crippen LogP contribution is 2.22. The fourth-order valence-electron chi connectivity index (χ4n) is 2.88. The minimum atomic E-state index is -4.06. The van der Waals surface area contributed by atoms with E-state index in [1.165, 1.54) is 7.05 Å². The summed E-state index contributed by atoms with van der Waals surface area (Å²) in [5, 5.41) is 0. The van der Waals surface area contributed by atoms with Crippen molar-refractivity contribution < 1.29 is 22.0 Å². The van der Waals surface area contributed by atoms with E-state index in [1.807, 2.05) is 0 Å². The number of likely N-dealkylation sites (N-methyl/N-ethyl adjacent to an activating group) is 2. The number of hydrogen-bond acceptors (Lipinski definition) is 3. The second kappa shape index (κ2) is 7.57. The van der Waals surface area contributed by atoms with E-state index in [1.54, 1.807) is 11.9 Å². The number of halogens is 2. The standard InChI is InChI=1S/C16H22F2N2O3S/c1-19(11-16(21)20(2)12-6-4-3-5-7-12)24(22,23)13-8-9-14(17)15(18)10-13/h8-10,12H,3-7,11H2,1-2H3. The average Bonchev–Trinajstić information content (AvgIpc) is 2.57. The van der Waals surface area contributed by atoms with Crippen molar-refractivity contribution >= 4 is 15.9 Å². The molecule has 1 aromatic carbocycles. The number of amides is 1. The molecule has 0 aromatic heterocycles. The van der Waals surface area contributed by atoms with Gasteiger partial charge in [-0.2, -0.15) is 4.31 Å². The zero-order valence-corrected chi connectivity index (χ0v) is 14.7. The molecule has 134 valence electrons. The van der Waals surface area contributed by atoms with Gasteiger partial charge in [0.1, 0.15) is 0 Å². The molecule has 0 spiro atoms. The molecule has 1 fully saturated rings. The van der Waals surface area contributed by atoms with Gasteiger partial charge in [0.15, 0.2) is 11.6 Å². The molecule has 0 heterocycles. The Morgan fingerprint density at radius 3 is 2.33 bits per heavy atom. The van der Waals surface area contributed by atoms with Gasteiger partial charge in [-0.15, -0.1) is 0 Å². The number of carbonyl (C=O) groups excluding carboxylic acids is 1. The first-order valence-electron chi connectivity index (χ1n) is 7.90. The average molecular weight is 360 g/mol. The normalized spacial score (nSPS) is 16.4. The van der Waals surface area contributed by atoms with Gasteiger partial charge in [-0.1, -0.05) is 19.3 Å². The SMILES string of the molecule is CN(C(=O)CN(C)S(=O)(=O)c1ccc(F)c(F)c1)C1CCCCC1. The lowest BCUT2D eigenvalue weighted by molar-refractivity contribution is -0.132. The van der Waals surface area contributed by atoms with Crippen LogP contribution in [0, 0.1) is 11.6 Å². The Morgan fingerprint density at radius 2 is 1.75 bits per heavy atom. The Hall–Kier alpha value is -1.54. The highest BCUT2D eigenvalue weighted by Gasteiger charge is 2.28.